The Bertz CT molecular complexity index is 1010. The number of hydrogen-bond acceptors (Lipinski definition) is 3. The molecule has 3 aromatic carbocycles. The summed E-state index contributed by atoms with van der Waals surface area (Å²) in [5.41, 5.74) is 5.98. The van der Waals surface area contributed by atoms with Crippen LogP contribution in [0.5, 0.6) is 0 Å². The Morgan fingerprint density at radius 3 is 2.19 bits per heavy atom. The van der Waals surface area contributed by atoms with E-state index < -0.39 is 0 Å². The first-order valence-corrected chi connectivity index (χ1v) is 8.88. The Kier molecular flexibility index (Phi) is 3.39. The fourth-order valence-corrected chi connectivity index (χ4v) is 3.75. The summed E-state index contributed by atoms with van der Waals surface area (Å²) in [5.74, 6) is 0.982. The second-order valence-corrected chi connectivity index (χ2v) is 6.62. The van der Waals surface area contributed by atoms with Gasteiger partial charge in [0.2, 0.25) is 0 Å². The summed E-state index contributed by atoms with van der Waals surface area (Å²) in [7, 11) is 0. The number of allylic oxidation sites excluding steroid dienone is 1. The molecule has 0 N–H and O–H groups in total. The van der Waals surface area contributed by atoms with Crippen LogP contribution in [0.4, 0.5) is 11.4 Å². The fraction of sp³-hybridized carbons (Fsp3) is 0.0870. The lowest BCUT2D eigenvalue weighted by Gasteiger charge is -2.35. The molecule has 26 heavy (non-hydrogen) atoms. The van der Waals surface area contributed by atoms with Crippen molar-refractivity contribution in [3.8, 4) is 0 Å². The highest BCUT2D eigenvalue weighted by atomic mass is 15.6. The molecule has 1 atom stereocenters. The Morgan fingerprint density at radius 1 is 0.769 bits per heavy atom. The lowest BCUT2D eigenvalue weighted by atomic mass is 9.98. The molecule has 3 nitrogen and oxygen atoms in total. The number of amidine groups is 1. The lowest BCUT2D eigenvalue weighted by Crippen LogP contribution is -2.43. The highest BCUT2D eigenvalue weighted by Crippen LogP contribution is 2.40. The Morgan fingerprint density at radius 2 is 1.42 bits per heavy atom. The largest absolute Gasteiger partial charge is 0.297 e. The molecule has 0 fully saturated rings. The minimum absolute atomic E-state index is 0.0440. The summed E-state index contributed by atoms with van der Waals surface area (Å²) < 4.78 is 0. The van der Waals surface area contributed by atoms with Crippen LogP contribution in [-0.2, 0) is 0 Å². The van der Waals surface area contributed by atoms with Gasteiger partial charge in [-0.1, -0.05) is 66.7 Å². The summed E-state index contributed by atoms with van der Waals surface area (Å²) >= 11 is 0. The van der Waals surface area contributed by atoms with Crippen LogP contribution >= 0.6 is 0 Å². The van der Waals surface area contributed by atoms with Gasteiger partial charge >= 0.3 is 0 Å². The molecular weight excluding hydrogens is 318 g/mol. The van der Waals surface area contributed by atoms with E-state index in [1.54, 1.807) is 0 Å². The molecule has 0 aliphatic carbocycles. The van der Waals surface area contributed by atoms with Crippen LogP contribution in [0.15, 0.2) is 96.1 Å². The van der Waals surface area contributed by atoms with Crippen molar-refractivity contribution in [2.45, 2.75) is 13.1 Å². The first kappa shape index (κ1) is 15.0. The number of nitrogens with zero attached hydrogens (tertiary/aromatic N) is 3. The third-order valence-corrected chi connectivity index (χ3v) is 4.99. The number of anilines is 2. The van der Waals surface area contributed by atoms with Crippen molar-refractivity contribution in [1.29, 1.82) is 0 Å². The highest BCUT2D eigenvalue weighted by Gasteiger charge is 2.38. The van der Waals surface area contributed by atoms with Gasteiger partial charge in [0.25, 0.3) is 0 Å². The van der Waals surface area contributed by atoms with Gasteiger partial charge in [0.1, 0.15) is 6.17 Å². The predicted octanol–water partition coefficient (Wildman–Crippen LogP) is 5.12. The Hall–Kier alpha value is -3.33. The van der Waals surface area contributed by atoms with E-state index in [0.29, 0.717) is 0 Å². The van der Waals surface area contributed by atoms with Crippen molar-refractivity contribution in [2.24, 2.45) is 5.10 Å². The third kappa shape index (κ3) is 2.25. The maximum Gasteiger partial charge on any atom is 0.162 e. The van der Waals surface area contributed by atoms with Crippen LogP contribution in [-0.4, -0.2) is 12.0 Å². The summed E-state index contributed by atoms with van der Waals surface area (Å²) in [6.07, 6.45) is 2.34. The molecule has 0 bridgehead atoms. The normalized spacial score (nSPS) is 18.1. The van der Waals surface area contributed by atoms with Crippen LogP contribution in [0, 0.1) is 0 Å². The maximum absolute atomic E-state index is 5.04. The minimum atomic E-state index is 0.0440. The molecule has 2 aliphatic rings. The second-order valence-electron chi connectivity index (χ2n) is 6.62. The Labute approximate surface area is 153 Å². The summed E-state index contributed by atoms with van der Waals surface area (Å²) in [5, 5.41) is 7.15. The van der Waals surface area contributed by atoms with Crippen LogP contribution in [0.3, 0.4) is 0 Å². The van der Waals surface area contributed by atoms with E-state index in [1.165, 1.54) is 16.8 Å². The molecule has 5 rings (SSSR count). The van der Waals surface area contributed by atoms with E-state index in [0.717, 1.165) is 17.1 Å². The van der Waals surface area contributed by atoms with Gasteiger partial charge in [-0.15, -0.1) is 0 Å². The van der Waals surface area contributed by atoms with E-state index in [-0.39, 0.29) is 6.17 Å². The first-order valence-electron chi connectivity index (χ1n) is 8.88. The molecule has 126 valence electrons. The van der Waals surface area contributed by atoms with Crippen molar-refractivity contribution in [1.82, 2.24) is 0 Å². The van der Waals surface area contributed by atoms with Crippen LogP contribution < -0.4 is 9.91 Å². The number of para-hydroxylation sites is 2. The number of hydrazone groups is 1. The van der Waals surface area contributed by atoms with E-state index in [9.17, 15) is 0 Å². The Balaban J connectivity index is 1.71. The molecule has 0 radical (unpaired) electrons. The average Bonchev–Trinajstić information content (AvgIpc) is 3.09. The van der Waals surface area contributed by atoms with Gasteiger partial charge in [-0.05, 0) is 36.8 Å². The number of benzene rings is 3. The van der Waals surface area contributed by atoms with E-state index in [4.69, 9.17) is 5.10 Å². The zero-order valence-electron chi connectivity index (χ0n) is 14.6. The summed E-state index contributed by atoms with van der Waals surface area (Å²) in [6.45, 7) is 2.18. The van der Waals surface area contributed by atoms with Gasteiger partial charge in [-0.3, -0.25) is 4.90 Å². The fourth-order valence-electron chi connectivity index (χ4n) is 3.75. The molecule has 3 aromatic rings. The van der Waals surface area contributed by atoms with Crippen molar-refractivity contribution < 1.29 is 0 Å². The van der Waals surface area contributed by atoms with Crippen molar-refractivity contribution in [3.63, 3.8) is 0 Å². The number of fused-ring (bicyclic) bond motifs is 3. The molecule has 0 spiro atoms. The van der Waals surface area contributed by atoms with E-state index >= 15 is 0 Å². The van der Waals surface area contributed by atoms with Crippen LogP contribution in [0.1, 0.15) is 18.1 Å². The molecule has 2 heterocycles. The molecule has 2 aliphatic heterocycles. The van der Waals surface area contributed by atoms with Gasteiger partial charge in [0.15, 0.2) is 5.84 Å². The summed E-state index contributed by atoms with van der Waals surface area (Å²) in [4.78, 5) is 2.34. The van der Waals surface area contributed by atoms with E-state index in [1.807, 2.05) is 12.1 Å². The predicted molar refractivity (Wildman–Crippen MR) is 108 cm³/mol. The van der Waals surface area contributed by atoms with Gasteiger partial charge in [0.05, 0.1) is 11.4 Å². The average molecular weight is 337 g/mol. The molecule has 1 unspecified atom stereocenters. The van der Waals surface area contributed by atoms with Gasteiger partial charge in [-0.2, -0.15) is 5.10 Å². The van der Waals surface area contributed by atoms with Crippen molar-refractivity contribution >= 4 is 22.8 Å². The first-order chi connectivity index (χ1) is 12.8. The molecule has 0 amide bonds. The van der Waals surface area contributed by atoms with Gasteiger partial charge in [-0.25, -0.2) is 5.01 Å². The molecule has 0 saturated heterocycles. The van der Waals surface area contributed by atoms with Crippen LogP contribution in [0.25, 0.3) is 5.57 Å². The smallest absolute Gasteiger partial charge is 0.162 e. The van der Waals surface area contributed by atoms with Crippen LogP contribution in [0.2, 0.25) is 0 Å². The zero-order chi connectivity index (χ0) is 17.5. The molecule has 0 saturated carbocycles. The topological polar surface area (TPSA) is 18.8 Å². The molecule has 3 heteroatoms. The SMILES string of the molecule is CC1=CC2N(c3ccccc3)N=C(c3ccccc3)N2c2ccccc21. The third-order valence-electron chi connectivity index (χ3n) is 4.99. The monoisotopic (exact) mass is 337 g/mol. The highest BCUT2D eigenvalue weighted by molar-refractivity contribution is 6.14. The standard InChI is InChI=1S/C23H19N3/c1-17-16-22-25(21-15-9-8-14-20(17)21)23(18-10-4-2-5-11-18)24-26(22)19-12-6-3-7-13-19/h2-16,22H,1H3. The zero-order valence-corrected chi connectivity index (χ0v) is 14.6. The van der Waals surface area contributed by atoms with Gasteiger partial charge in [0, 0.05) is 11.1 Å². The number of hydrogen-bond donors (Lipinski definition) is 0. The van der Waals surface area contributed by atoms with Gasteiger partial charge < -0.3 is 0 Å². The lowest BCUT2D eigenvalue weighted by molar-refractivity contribution is 0.774. The quantitative estimate of drug-likeness (QED) is 0.646. The molecular formula is C23H19N3. The van der Waals surface area contributed by atoms with E-state index in [2.05, 4.69) is 95.7 Å². The second kappa shape index (κ2) is 5.88. The van der Waals surface area contributed by atoms with Crippen molar-refractivity contribution in [2.75, 3.05) is 9.91 Å². The summed E-state index contributed by atoms with van der Waals surface area (Å²) in [6, 6.07) is 29.4. The minimum Gasteiger partial charge on any atom is -0.297 e. The molecule has 0 aromatic heterocycles. The maximum atomic E-state index is 5.04. The van der Waals surface area contributed by atoms with Crippen molar-refractivity contribution in [3.05, 3.63) is 102 Å². The number of rotatable bonds is 2.